The van der Waals surface area contributed by atoms with Crippen LogP contribution in [0, 0.1) is 11.6 Å². The number of carbonyl (C=O) groups is 2. The van der Waals surface area contributed by atoms with Crippen molar-refractivity contribution in [2.75, 3.05) is 0 Å². The number of aliphatic carboxylic acids is 1. The van der Waals surface area contributed by atoms with Crippen LogP contribution in [0.4, 0.5) is 8.78 Å². The van der Waals surface area contributed by atoms with Gasteiger partial charge in [-0.25, -0.2) is 13.6 Å². The molecule has 0 spiro atoms. The summed E-state index contributed by atoms with van der Waals surface area (Å²) in [5, 5.41) is 22.0. The van der Waals surface area contributed by atoms with Gasteiger partial charge in [-0.3, -0.25) is 4.79 Å². The summed E-state index contributed by atoms with van der Waals surface area (Å²) in [6.45, 7) is 0. The summed E-state index contributed by atoms with van der Waals surface area (Å²) in [6.07, 6.45) is 0.0710. The van der Waals surface area contributed by atoms with Crippen LogP contribution in [0.2, 0.25) is 0 Å². The van der Waals surface area contributed by atoms with E-state index in [1.807, 2.05) is 0 Å². The molecule has 7 heteroatoms. The van der Waals surface area contributed by atoms with Crippen molar-refractivity contribution in [2.24, 2.45) is 0 Å². The van der Waals surface area contributed by atoms with Gasteiger partial charge in [0.05, 0.1) is 5.56 Å². The van der Waals surface area contributed by atoms with Crippen LogP contribution in [0.1, 0.15) is 15.9 Å². The van der Waals surface area contributed by atoms with Gasteiger partial charge >= 0.3 is 5.97 Å². The zero-order valence-corrected chi connectivity index (χ0v) is 15.1. The van der Waals surface area contributed by atoms with Gasteiger partial charge in [0, 0.05) is 18.1 Å². The van der Waals surface area contributed by atoms with Gasteiger partial charge in [-0.1, -0.05) is 36.4 Å². The molecule has 0 bridgehead atoms. The largest absolute Gasteiger partial charge is 0.507 e. The molecule has 3 aromatic rings. The molecular weight excluding hydrogens is 380 g/mol. The minimum Gasteiger partial charge on any atom is -0.507 e. The number of nitrogens with one attached hydrogen (secondary N) is 1. The summed E-state index contributed by atoms with van der Waals surface area (Å²) in [5.41, 5.74) is 0.874. The zero-order chi connectivity index (χ0) is 21.0. The summed E-state index contributed by atoms with van der Waals surface area (Å²) in [6, 6.07) is 14.4. The number of hydrogen-bond acceptors (Lipinski definition) is 3. The lowest BCUT2D eigenvalue weighted by Gasteiger charge is -2.15. The maximum absolute atomic E-state index is 13.9. The molecule has 148 valence electrons. The number of phenolic OH excluding ortho intramolecular Hbond substituents is 1. The van der Waals surface area contributed by atoms with E-state index in [0.717, 1.165) is 17.7 Å². The predicted octanol–water partition coefficient (Wildman–Crippen LogP) is 3.76. The van der Waals surface area contributed by atoms with Gasteiger partial charge in [0.25, 0.3) is 5.91 Å². The fraction of sp³-hybridized carbons (Fsp3) is 0.0909. The van der Waals surface area contributed by atoms with Crippen molar-refractivity contribution in [3.63, 3.8) is 0 Å². The van der Waals surface area contributed by atoms with E-state index in [9.17, 15) is 28.6 Å². The molecule has 0 aromatic heterocycles. The molecule has 1 unspecified atom stereocenters. The van der Waals surface area contributed by atoms with Gasteiger partial charge in [-0.15, -0.1) is 0 Å². The van der Waals surface area contributed by atoms with Crippen LogP contribution in [0.15, 0.2) is 66.7 Å². The van der Waals surface area contributed by atoms with Crippen LogP contribution in [0.5, 0.6) is 5.75 Å². The summed E-state index contributed by atoms with van der Waals surface area (Å²) in [5.74, 6) is -3.99. The van der Waals surface area contributed by atoms with E-state index >= 15 is 0 Å². The topological polar surface area (TPSA) is 86.6 Å². The highest BCUT2D eigenvalue weighted by atomic mass is 19.1. The molecule has 1 amide bonds. The Labute approximate surface area is 165 Å². The van der Waals surface area contributed by atoms with Crippen LogP contribution in [-0.4, -0.2) is 28.1 Å². The first kappa shape index (κ1) is 20.0. The van der Waals surface area contributed by atoms with Crippen LogP contribution in [-0.2, 0) is 11.2 Å². The lowest BCUT2D eigenvalue weighted by molar-refractivity contribution is -0.139. The number of hydrogen-bond donors (Lipinski definition) is 3. The van der Waals surface area contributed by atoms with Gasteiger partial charge in [-0.2, -0.15) is 0 Å². The fourth-order valence-electron chi connectivity index (χ4n) is 2.90. The Morgan fingerprint density at radius 1 is 0.966 bits per heavy atom. The van der Waals surface area contributed by atoms with Gasteiger partial charge in [-0.05, 0) is 35.4 Å². The number of aromatic hydroxyl groups is 1. The summed E-state index contributed by atoms with van der Waals surface area (Å²) in [7, 11) is 0. The molecule has 1 atom stereocenters. The van der Waals surface area contributed by atoms with E-state index in [1.165, 1.54) is 18.2 Å². The van der Waals surface area contributed by atoms with Crippen molar-refractivity contribution in [1.29, 1.82) is 0 Å². The molecule has 3 rings (SSSR count). The highest BCUT2D eigenvalue weighted by Gasteiger charge is 2.23. The number of rotatable bonds is 6. The van der Waals surface area contributed by atoms with E-state index in [2.05, 4.69) is 5.32 Å². The molecule has 29 heavy (non-hydrogen) atoms. The summed E-state index contributed by atoms with van der Waals surface area (Å²) < 4.78 is 27.0. The van der Waals surface area contributed by atoms with Crippen molar-refractivity contribution in [3.8, 4) is 16.9 Å². The standard InChI is InChI=1S/C22H17F2NO4/c23-15-7-9-16(18(24)12-15)14-6-8-17(20(26)11-14)21(27)25-19(22(28)29)10-13-4-2-1-3-5-13/h1-9,11-12,19,26H,10H2,(H,25,27)(H,28,29). The molecule has 0 fully saturated rings. The van der Waals surface area contributed by atoms with Gasteiger partial charge < -0.3 is 15.5 Å². The lowest BCUT2D eigenvalue weighted by Crippen LogP contribution is -2.42. The van der Waals surface area contributed by atoms with Gasteiger partial charge in [0.2, 0.25) is 0 Å². The number of halogens is 2. The van der Waals surface area contributed by atoms with Gasteiger partial charge in [0.15, 0.2) is 0 Å². The third kappa shape index (κ3) is 4.76. The highest BCUT2D eigenvalue weighted by molar-refractivity contribution is 5.99. The molecular formula is C22H17F2NO4. The highest BCUT2D eigenvalue weighted by Crippen LogP contribution is 2.29. The second-order valence-electron chi connectivity index (χ2n) is 6.41. The lowest BCUT2D eigenvalue weighted by atomic mass is 10.0. The van der Waals surface area contributed by atoms with E-state index in [-0.39, 0.29) is 23.1 Å². The normalized spacial score (nSPS) is 11.7. The quantitative estimate of drug-likeness (QED) is 0.591. The fourth-order valence-corrected chi connectivity index (χ4v) is 2.90. The van der Waals surface area contributed by atoms with Crippen LogP contribution in [0.3, 0.4) is 0 Å². The molecule has 0 aliphatic rings. The maximum Gasteiger partial charge on any atom is 0.326 e. The second kappa shape index (κ2) is 8.52. The predicted molar refractivity (Wildman–Crippen MR) is 102 cm³/mol. The average Bonchev–Trinajstić information content (AvgIpc) is 2.68. The molecule has 0 saturated carbocycles. The molecule has 0 radical (unpaired) electrons. The Bertz CT molecular complexity index is 1050. The van der Waals surface area contributed by atoms with Crippen LogP contribution >= 0.6 is 0 Å². The molecule has 0 saturated heterocycles. The zero-order valence-electron chi connectivity index (χ0n) is 15.1. The Morgan fingerprint density at radius 2 is 1.69 bits per heavy atom. The first-order valence-electron chi connectivity index (χ1n) is 8.71. The summed E-state index contributed by atoms with van der Waals surface area (Å²) in [4.78, 5) is 24.0. The second-order valence-corrected chi connectivity index (χ2v) is 6.41. The number of carboxylic acid groups (broad SMARTS) is 1. The maximum atomic E-state index is 13.9. The molecule has 0 aliphatic carbocycles. The molecule has 0 heterocycles. The van der Waals surface area contributed by atoms with Gasteiger partial charge in [0.1, 0.15) is 23.4 Å². The third-order valence-electron chi connectivity index (χ3n) is 4.37. The molecule has 5 nitrogen and oxygen atoms in total. The van der Waals surface area contributed by atoms with Crippen LogP contribution < -0.4 is 5.32 Å². The van der Waals surface area contributed by atoms with E-state index in [4.69, 9.17) is 0 Å². The molecule has 3 aromatic carbocycles. The average molecular weight is 397 g/mol. The Morgan fingerprint density at radius 3 is 2.31 bits per heavy atom. The van der Waals surface area contributed by atoms with E-state index < -0.39 is 35.3 Å². The monoisotopic (exact) mass is 397 g/mol. The molecule has 3 N–H and O–H groups in total. The van der Waals surface area contributed by atoms with Crippen molar-refractivity contribution in [3.05, 3.63) is 89.5 Å². The summed E-state index contributed by atoms with van der Waals surface area (Å²) >= 11 is 0. The smallest absolute Gasteiger partial charge is 0.326 e. The van der Waals surface area contributed by atoms with E-state index in [0.29, 0.717) is 6.07 Å². The minimum absolute atomic E-state index is 0.0566. The number of carbonyl (C=O) groups excluding carboxylic acids is 1. The van der Waals surface area contributed by atoms with Crippen molar-refractivity contribution in [1.82, 2.24) is 5.32 Å². The van der Waals surface area contributed by atoms with E-state index in [1.54, 1.807) is 30.3 Å². The Balaban J connectivity index is 1.80. The number of amides is 1. The Hall–Kier alpha value is -3.74. The third-order valence-corrected chi connectivity index (χ3v) is 4.37. The van der Waals surface area contributed by atoms with Crippen molar-refractivity contribution >= 4 is 11.9 Å². The minimum atomic E-state index is -1.22. The van der Waals surface area contributed by atoms with Crippen LogP contribution in [0.25, 0.3) is 11.1 Å². The number of benzene rings is 3. The first-order chi connectivity index (χ1) is 13.8. The Kier molecular flexibility index (Phi) is 5.87. The van der Waals surface area contributed by atoms with Crippen molar-refractivity contribution < 1.29 is 28.6 Å². The number of carboxylic acids is 1. The molecule has 0 aliphatic heterocycles. The SMILES string of the molecule is O=C(NC(Cc1ccccc1)C(=O)O)c1ccc(-c2ccc(F)cc2F)cc1O. The van der Waals surface area contributed by atoms with Crippen molar-refractivity contribution in [2.45, 2.75) is 12.5 Å². The number of phenols is 1. The first-order valence-corrected chi connectivity index (χ1v) is 8.71.